The first-order chi connectivity index (χ1) is 5.07. The maximum absolute atomic E-state index is 11.5. The summed E-state index contributed by atoms with van der Waals surface area (Å²) in [6, 6.07) is -1.08. The molecule has 0 saturated heterocycles. The van der Waals surface area contributed by atoms with Gasteiger partial charge in [-0.25, -0.2) is 8.78 Å². The lowest BCUT2D eigenvalue weighted by atomic mass is 10.3. The van der Waals surface area contributed by atoms with E-state index in [9.17, 15) is 13.6 Å². The zero-order chi connectivity index (χ0) is 8.85. The van der Waals surface area contributed by atoms with Crippen molar-refractivity contribution in [2.75, 3.05) is 13.1 Å². The largest absolute Gasteiger partial charge is 0.480 e. The van der Waals surface area contributed by atoms with Gasteiger partial charge in [0.2, 0.25) is 0 Å². The molecule has 4 N–H and O–H groups in total. The molecule has 1 atom stereocenters. The van der Waals surface area contributed by atoms with Gasteiger partial charge in [-0.15, -0.1) is 0 Å². The number of alkyl halides is 2. The molecule has 0 aliphatic carbocycles. The fourth-order valence-corrected chi connectivity index (χ4v) is 0.503. The molecule has 0 aromatic heterocycles. The molecule has 0 bridgehead atoms. The van der Waals surface area contributed by atoms with E-state index in [4.69, 9.17) is 10.8 Å². The highest BCUT2D eigenvalue weighted by molar-refractivity contribution is 5.73. The van der Waals surface area contributed by atoms with E-state index in [0.717, 1.165) is 0 Å². The van der Waals surface area contributed by atoms with Gasteiger partial charge >= 0.3 is 5.97 Å². The Kier molecular flexibility index (Phi) is 4.64. The minimum atomic E-state index is -2.55. The predicted molar refractivity (Wildman–Crippen MR) is 34.5 cm³/mol. The standard InChI is InChI=1S/C5H10F2N2O2/c6-4(7)2-9-3(1-8)5(10)11/h3-4,9H,1-2,8H2,(H,10,11). The van der Waals surface area contributed by atoms with Gasteiger partial charge in [0, 0.05) is 6.54 Å². The van der Waals surface area contributed by atoms with Crippen LogP contribution in [-0.2, 0) is 4.79 Å². The second-order valence-electron chi connectivity index (χ2n) is 1.93. The zero-order valence-electron chi connectivity index (χ0n) is 5.76. The third kappa shape index (κ3) is 4.63. The van der Waals surface area contributed by atoms with Crippen molar-refractivity contribution < 1.29 is 18.7 Å². The highest BCUT2D eigenvalue weighted by Gasteiger charge is 2.15. The van der Waals surface area contributed by atoms with Crippen LogP contribution >= 0.6 is 0 Å². The summed E-state index contributed by atoms with van der Waals surface area (Å²) in [5.74, 6) is -1.21. The van der Waals surface area contributed by atoms with Crippen molar-refractivity contribution in [2.24, 2.45) is 5.73 Å². The Labute approximate surface area is 62.4 Å². The molecular weight excluding hydrogens is 158 g/mol. The maximum Gasteiger partial charge on any atom is 0.322 e. The Morgan fingerprint density at radius 3 is 2.45 bits per heavy atom. The highest BCUT2D eigenvalue weighted by Crippen LogP contribution is 1.89. The highest BCUT2D eigenvalue weighted by atomic mass is 19.3. The molecule has 0 aliphatic rings. The van der Waals surface area contributed by atoms with Gasteiger partial charge in [-0.3, -0.25) is 10.1 Å². The smallest absolute Gasteiger partial charge is 0.322 e. The molecule has 1 unspecified atom stereocenters. The topological polar surface area (TPSA) is 75.3 Å². The molecule has 0 amide bonds. The molecule has 0 radical (unpaired) electrons. The molecule has 4 nitrogen and oxygen atoms in total. The van der Waals surface area contributed by atoms with Gasteiger partial charge in [0.25, 0.3) is 6.43 Å². The SMILES string of the molecule is NCC(NCC(F)F)C(=O)O. The molecule has 0 aliphatic heterocycles. The molecule has 0 spiro atoms. The van der Waals surface area contributed by atoms with E-state index in [1.807, 2.05) is 0 Å². The number of aliphatic carboxylic acids is 1. The number of carbonyl (C=O) groups is 1. The zero-order valence-corrected chi connectivity index (χ0v) is 5.76. The average Bonchev–Trinajstić information content (AvgIpc) is 1.87. The number of carboxylic acids is 1. The summed E-state index contributed by atoms with van der Waals surface area (Å²) >= 11 is 0. The second-order valence-corrected chi connectivity index (χ2v) is 1.93. The molecule has 0 aromatic rings. The Morgan fingerprint density at radius 2 is 2.18 bits per heavy atom. The van der Waals surface area contributed by atoms with E-state index >= 15 is 0 Å². The molecule has 0 fully saturated rings. The summed E-state index contributed by atoms with van der Waals surface area (Å²) in [6.07, 6.45) is -2.55. The van der Waals surface area contributed by atoms with Gasteiger partial charge in [0.1, 0.15) is 6.04 Å². The average molecular weight is 168 g/mol. The summed E-state index contributed by atoms with van der Waals surface area (Å²) in [6.45, 7) is -0.837. The molecule has 6 heteroatoms. The fourth-order valence-electron chi connectivity index (χ4n) is 0.503. The van der Waals surface area contributed by atoms with Crippen LogP contribution in [0.2, 0.25) is 0 Å². The lowest BCUT2D eigenvalue weighted by Crippen LogP contribution is -2.44. The first-order valence-corrected chi connectivity index (χ1v) is 3.02. The van der Waals surface area contributed by atoms with Crippen molar-refractivity contribution in [3.63, 3.8) is 0 Å². The molecule has 0 aromatic carbocycles. The summed E-state index contributed by atoms with van der Waals surface area (Å²) in [7, 11) is 0. The molecule has 66 valence electrons. The van der Waals surface area contributed by atoms with Crippen molar-refractivity contribution >= 4 is 5.97 Å². The van der Waals surface area contributed by atoms with Crippen molar-refractivity contribution in [1.82, 2.24) is 5.32 Å². The van der Waals surface area contributed by atoms with Gasteiger partial charge in [-0.1, -0.05) is 0 Å². The van der Waals surface area contributed by atoms with E-state index in [1.165, 1.54) is 0 Å². The number of hydrogen-bond donors (Lipinski definition) is 3. The third-order valence-corrected chi connectivity index (χ3v) is 1.05. The normalized spacial score (nSPS) is 13.5. The Bertz CT molecular complexity index is 132. The van der Waals surface area contributed by atoms with Crippen LogP contribution in [0.4, 0.5) is 8.78 Å². The number of nitrogens with two attached hydrogens (primary N) is 1. The quantitative estimate of drug-likeness (QED) is 0.505. The van der Waals surface area contributed by atoms with E-state index < -0.39 is 25.0 Å². The maximum atomic E-state index is 11.5. The predicted octanol–water partition coefficient (Wildman–Crippen LogP) is -0.747. The summed E-state index contributed by atoms with van der Waals surface area (Å²) < 4.78 is 23.0. The van der Waals surface area contributed by atoms with Gasteiger partial charge in [0.05, 0.1) is 6.54 Å². The fraction of sp³-hybridized carbons (Fsp3) is 0.800. The summed E-state index contributed by atoms with van der Waals surface area (Å²) in [5.41, 5.74) is 4.97. The Hall–Kier alpha value is -0.750. The van der Waals surface area contributed by atoms with E-state index in [2.05, 4.69) is 5.32 Å². The number of hydrogen-bond acceptors (Lipinski definition) is 3. The van der Waals surface area contributed by atoms with E-state index in [1.54, 1.807) is 0 Å². The van der Waals surface area contributed by atoms with Crippen molar-refractivity contribution in [2.45, 2.75) is 12.5 Å². The number of carboxylic acid groups (broad SMARTS) is 1. The third-order valence-electron chi connectivity index (χ3n) is 1.05. The first kappa shape index (κ1) is 10.2. The molecule has 0 heterocycles. The van der Waals surface area contributed by atoms with Gasteiger partial charge in [-0.2, -0.15) is 0 Å². The van der Waals surface area contributed by atoms with Crippen LogP contribution in [0.3, 0.4) is 0 Å². The minimum absolute atomic E-state index is 0.192. The Balaban J connectivity index is 3.61. The minimum Gasteiger partial charge on any atom is -0.480 e. The van der Waals surface area contributed by atoms with Crippen molar-refractivity contribution in [3.8, 4) is 0 Å². The number of halogens is 2. The van der Waals surface area contributed by atoms with Gasteiger partial charge < -0.3 is 10.8 Å². The van der Waals surface area contributed by atoms with Crippen molar-refractivity contribution in [3.05, 3.63) is 0 Å². The van der Waals surface area contributed by atoms with Crippen LogP contribution in [0, 0.1) is 0 Å². The monoisotopic (exact) mass is 168 g/mol. The van der Waals surface area contributed by atoms with E-state index in [0.29, 0.717) is 0 Å². The van der Waals surface area contributed by atoms with Crippen molar-refractivity contribution in [1.29, 1.82) is 0 Å². The second kappa shape index (κ2) is 4.97. The van der Waals surface area contributed by atoms with Crippen LogP contribution in [0.5, 0.6) is 0 Å². The summed E-state index contributed by atoms with van der Waals surface area (Å²) in [4.78, 5) is 10.2. The van der Waals surface area contributed by atoms with Crippen LogP contribution < -0.4 is 11.1 Å². The number of rotatable bonds is 5. The molecule has 0 saturated carbocycles. The van der Waals surface area contributed by atoms with Gasteiger partial charge in [0.15, 0.2) is 0 Å². The molecule has 0 rings (SSSR count). The lowest BCUT2D eigenvalue weighted by Gasteiger charge is -2.10. The number of nitrogens with one attached hydrogen (secondary N) is 1. The van der Waals surface area contributed by atoms with Crippen LogP contribution in [0.25, 0.3) is 0 Å². The Morgan fingerprint density at radius 1 is 1.64 bits per heavy atom. The molecular formula is C5H10F2N2O2. The lowest BCUT2D eigenvalue weighted by molar-refractivity contribution is -0.139. The van der Waals surface area contributed by atoms with Crippen LogP contribution in [0.1, 0.15) is 0 Å². The first-order valence-electron chi connectivity index (χ1n) is 3.02. The van der Waals surface area contributed by atoms with Gasteiger partial charge in [-0.05, 0) is 0 Å². The molecule has 11 heavy (non-hydrogen) atoms. The van der Waals surface area contributed by atoms with E-state index in [-0.39, 0.29) is 6.54 Å². The summed E-state index contributed by atoms with van der Waals surface area (Å²) in [5, 5.41) is 10.4. The van der Waals surface area contributed by atoms with Crippen LogP contribution in [0.15, 0.2) is 0 Å². The van der Waals surface area contributed by atoms with Crippen LogP contribution in [-0.4, -0.2) is 36.6 Å².